The Balaban J connectivity index is 1.17. The van der Waals surface area contributed by atoms with Crippen LogP contribution in [-0.4, -0.2) is 10.9 Å². The second-order valence-electron chi connectivity index (χ2n) is 9.44. The normalized spacial score (nSPS) is 15.9. The molecule has 1 N–H and O–H groups in total. The van der Waals surface area contributed by atoms with Crippen LogP contribution in [0.4, 0.5) is 0 Å². The summed E-state index contributed by atoms with van der Waals surface area (Å²) < 4.78 is 5.21. The fourth-order valence-corrected chi connectivity index (χ4v) is 7.04. The molecule has 0 saturated heterocycles. The van der Waals surface area contributed by atoms with Crippen LogP contribution in [0.3, 0.4) is 0 Å². The summed E-state index contributed by atoms with van der Waals surface area (Å²) in [5, 5.41) is 11.2. The molecule has 2 heterocycles. The molecule has 2 aromatic heterocycles. The van der Waals surface area contributed by atoms with Crippen molar-refractivity contribution in [3.63, 3.8) is 0 Å². The van der Waals surface area contributed by atoms with E-state index in [1.165, 1.54) is 43.7 Å². The Morgan fingerprint density at radius 1 is 1.03 bits per heavy atom. The molecule has 1 atom stereocenters. The fraction of sp³-hybridized carbons (Fsp3) is 0.207. The molecule has 0 fully saturated rings. The average molecular weight is 479 g/mol. The van der Waals surface area contributed by atoms with Gasteiger partial charge in [0.15, 0.2) is 5.89 Å². The lowest BCUT2D eigenvalue weighted by Gasteiger charge is -2.22. The number of benzene rings is 4. The van der Waals surface area contributed by atoms with Gasteiger partial charge < -0.3 is 9.73 Å². The van der Waals surface area contributed by atoms with Crippen molar-refractivity contribution in [2.24, 2.45) is 5.92 Å². The van der Waals surface area contributed by atoms with Crippen molar-refractivity contribution in [1.29, 1.82) is 0 Å². The van der Waals surface area contributed by atoms with Gasteiger partial charge in [0.1, 0.15) is 10.2 Å². The van der Waals surface area contributed by atoms with Crippen molar-refractivity contribution in [2.45, 2.75) is 32.7 Å². The Labute approximate surface area is 204 Å². The molecule has 0 saturated carbocycles. The van der Waals surface area contributed by atoms with Crippen molar-refractivity contribution in [2.75, 3.05) is 0 Å². The van der Waals surface area contributed by atoms with E-state index in [0.717, 1.165) is 27.3 Å². The highest BCUT2D eigenvalue weighted by Gasteiger charge is 2.29. The predicted molar refractivity (Wildman–Crippen MR) is 140 cm³/mol. The Morgan fingerprint density at radius 2 is 1.77 bits per heavy atom. The summed E-state index contributed by atoms with van der Waals surface area (Å²) in [6.07, 6.45) is 2.05. The fourth-order valence-electron chi connectivity index (χ4n) is 5.71. The number of fused-ring (bicyclic) bond motifs is 3. The van der Waals surface area contributed by atoms with Crippen molar-refractivity contribution >= 4 is 59.8 Å². The molecule has 5 nitrogen and oxygen atoms in total. The van der Waals surface area contributed by atoms with E-state index in [-0.39, 0.29) is 17.5 Å². The van der Waals surface area contributed by atoms with E-state index >= 15 is 0 Å². The van der Waals surface area contributed by atoms with Crippen LogP contribution in [0.2, 0.25) is 0 Å². The largest absolute Gasteiger partial charge is 0.408 e. The van der Waals surface area contributed by atoms with Crippen molar-refractivity contribution in [3.8, 4) is 0 Å². The third-order valence-electron chi connectivity index (χ3n) is 7.39. The predicted octanol–water partition coefficient (Wildman–Crippen LogP) is 5.88. The Kier molecular flexibility index (Phi) is 4.48. The number of aromatic nitrogens is 1. The van der Waals surface area contributed by atoms with Gasteiger partial charge in [-0.05, 0) is 62.7 Å². The topological polar surface area (TPSA) is 72.2 Å². The molecular weight excluding hydrogens is 456 g/mol. The number of hydrogen-bond donors (Lipinski definition) is 1. The number of rotatable bonds is 3. The zero-order valence-electron chi connectivity index (χ0n) is 19.2. The molecule has 6 heteroatoms. The first-order valence-electron chi connectivity index (χ1n) is 11.9. The van der Waals surface area contributed by atoms with Crippen molar-refractivity contribution in [3.05, 3.63) is 86.9 Å². The van der Waals surface area contributed by atoms with Crippen LogP contribution in [0.25, 0.3) is 42.5 Å². The first-order chi connectivity index (χ1) is 17.1. The number of thiophene rings is 1. The molecule has 172 valence electrons. The molecule has 7 rings (SSSR count). The van der Waals surface area contributed by atoms with E-state index in [1.54, 1.807) is 6.92 Å². The highest BCUT2D eigenvalue weighted by Crippen LogP contribution is 2.37. The van der Waals surface area contributed by atoms with E-state index in [0.29, 0.717) is 30.7 Å². The van der Waals surface area contributed by atoms with Gasteiger partial charge in [-0.2, -0.15) is 0 Å². The lowest BCUT2D eigenvalue weighted by Crippen LogP contribution is -2.33. The minimum absolute atomic E-state index is 0.0648. The van der Waals surface area contributed by atoms with Crippen LogP contribution in [0, 0.1) is 12.8 Å². The monoisotopic (exact) mass is 478 g/mol. The van der Waals surface area contributed by atoms with Crippen LogP contribution in [-0.2, 0) is 24.2 Å². The summed E-state index contributed by atoms with van der Waals surface area (Å²) in [5.41, 5.74) is 1.82. The molecule has 0 aliphatic heterocycles. The summed E-state index contributed by atoms with van der Waals surface area (Å²) in [4.78, 5) is 31.8. The minimum atomic E-state index is -0.318. The molecule has 1 aliphatic rings. The van der Waals surface area contributed by atoms with Gasteiger partial charge >= 0.3 is 5.63 Å². The smallest absolute Gasteiger partial charge is 0.348 e. The summed E-state index contributed by atoms with van der Waals surface area (Å²) >= 11 is 1.52. The second kappa shape index (κ2) is 7.62. The molecule has 6 aromatic rings. The van der Waals surface area contributed by atoms with E-state index in [1.807, 2.05) is 0 Å². The second-order valence-corrected chi connectivity index (χ2v) is 10.5. The molecule has 4 aromatic carbocycles. The lowest BCUT2D eigenvalue weighted by molar-refractivity contribution is -0.125. The number of nitrogens with one attached hydrogen (secondary N) is 1. The Bertz CT molecular complexity index is 1830. The van der Waals surface area contributed by atoms with Gasteiger partial charge in [-0.25, -0.2) is 9.78 Å². The first kappa shape index (κ1) is 20.6. The third kappa shape index (κ3) is 3.17. The summed E-state index contributed by atoms with van der Waals surface area (Å²) in [5.74, 6) is 0.335. The molecule has 1 unspecified atom stereocenters. The number of carbonyl (C=O) groups is 1. The van der Waals surface area contributed by atoms with Crippen LogP contribution in [0.1, 0.15) is 28.3 Å². The molecular formula is C29H22N2O3S. The maximum atomic E-state index is 13.2. The van der Waals surface area contributed by atoms with Gasteiger partial charge in [0.2, 0.25) is 5.91 Å². The molecule has 1 amide bonds. The van der Waals surface area contributed by atoms with E-state index < -0.39 is 0 Å². The zero-order valence-corrected chi connectivity index (χ0v) is 20.0. The molecule has 35 heavy (non-hydrogen) atoms. The Hall–Kier alpha value is -3.77. The number of hydrogen-bond acceptors (Lipinski definition) is 5. The Morgan fingerprint density at radius 3 is 2.60 bits per heavy atom. The number of aryl methyl sites for hydroxylation is 2. The van der Waals surface area contributed by atoms with Crippen LogP contribution in [0.15, 0.2) is 63.8 Å². The first-order valence-corrected chi connectivity index (χ1v) is 12.7. The summed E-state index contributed by atoms with van der Waals surface area (Å²) in [6.45, 7) is 2.18. The van der Waals surface area contributed by atoms with E-state index in [4.69, 9.17) is 4.42 Å². The standard InChI is InChI=1S/C29H22N2O3S/c1-15-31-28-26(29(33)34-15)22-12-10-19(13-23(22)35-28)27(32)30-14-20-8-7-18-6-5-16-3-2-4-17-9-11-21(20)25(18)24(16)17/h2-9,11,19H,10,12-14H2,1H3,(H,30,32). The van der Waals surface area contributed by atoms with Gasteiger partial charge in [-0.1, -0.05) is 54.6 Å². The highest BCUT2D eigenvalue weighted by atomic mass is 32.1. The molecule has 0 bridgehead atoms. The van der Waals surface area contributed by atoms with Crippen molar-refractivity contribution < 1.29 is 9.21 Å². The number of carbonyl (C=O) groups excluding carboxylic acids is 1. The van der Waals surface area contributed by atoms with Crippen LogP contribution in [0.5, 0.6) is 0 Å². The highest BCUT2D eigenvalue weighted by molar-refractivity contribution is 7.18. The maximum Gasteiger partial charge on any atom is 0.348 e. The number of amides is 1. The average Bonchev–Trinajstić information content (AvgIpc) is 3.23. The zero-order chi connectivity index (χ0) is 23.7. The van der Waals surface area contributed by atoms with Crippen molar-refractivity contribution in [1.82, 2.24) is 10.3 Å². The summed E-state index contributed by atoms with van der Waals surface area (Å²) in [6, 6.07) is 19.4. The van der Waals surface area contributed by atoms with Gasteiger partial charge in [0, 0.05) is 24.3 Å². The lowest BCUT2D eigenvalue weighted by atomic mass is 9.87. The van der Waals surface area contributed by atoms with Gasteiger partial charge in [0.05, 0.1) is 0 Å². The summed E-state index contributed by atoms with van der Waals surface area (Å²) in [7, 11) is 0. The molecule has 0 spiro atoms. The van der Waals surface area contributed by atoms with Gasteiger partial charge in [0.25, 0.3) is 0 Å². The van der Waals surface area contributed by atoms with Gasteiger partial charge in [-0.15, -0.1) is 11.3 Å². The van der Waals surface area contributed by atoms with Crippen LogP contribution >= 0.6 is 11.3 Å². The van der Waals surface area contributed by atoms with Gasteiger partial charge in [-0.3, -0.25) is 4.79 Å². The minimum Gasteiger partial charge on any atom is -0.408 e. The molecule has 1 aliphatic carbocycles. The van der Waals surface area contributed by atoms with E-state index in [2.05, 4.69) is 64.9 Å². The van der Waals surface area contributed by atoms with Crippen LogP contribution < -0.4 is 10.9 Å². The van der Waals surface area contributed by atoms with E-state index in [9.17, 15) is 9.59 Å². The quantitative estimate of drug-likeness (QED) is 0.323. The maximum absolute atomic E-state index is 13.2. The number of nitrogens with zero attached hydrogens (tertiary/aromatic N) is 1. The molecule has 0 radical (unpaired) electrons. The third-order valence-corrected chi connectivity index (χ3v) is 8.54. The SMILES string of the molecule is Cc1nc2sc3c(c2c(=O)o1)CCC(C(=O)NCc1ccc2ccc4cccc5ccc1c2c45)C3.